The maximum atomic E-state index is 12.2. The lowest BCUT2D eigenvalue weighted by Gasteiger charge is -2.41. The van der Waals surface area contributed by atoms with Crippen molar-refractivity contribution in [3.63, 3.8) is 0 Å². The average molecular weight is 224 g/mol. The van der Waals surface area contributed by atoms with Gasteiger partial charge in [0.1, 0.15) is 0 Å². The van der Waals surface area contributed by atoms with Crippen LogP contribution in [-0.2, 0) is 4.79 Å². The van der Waals surface area contributed by atoms with Crippen molar-refractivity contribution in [3.8, 4) is 0 Å². The molecule has 2 fully saturated rings. The molecule has 3 nitrogen and oxygen atoms in total. The van der Waals surface area contributed by atoms with Crippen molar-refractivity contribution in [2.45, 2.75) is 51.5 Å². The molecule has 3 heteroatoms. The molecular formula is C13H24N2O. The first-order chi connectivity index (χ1) is 7.58. The molecule has 2 aliphatic rings. The van der Waals surface area contributed by atoms with Gasteiger partial charge in [-0.2, -0.15) is 0 Å². The molecular weight excluding hydrogens is 200 g/mol. The van der Waals surface area contributed by atoms with Gasteiger partial charge in [-0.3, -0.25) is 4.79 Å². The quantitative estimate of drug-likeness (QED) is 0.773. The Kier molecular flexibility index (Phi) is 3.24. The molecule has 92 valence electrons. The molecule has 1 unspecified atom stereocenters. The van der Waals surface area contributed by atoms with E-state index in [4.69, 9.17) is 5.73 Å². The molecule has 0 spiro atoms. The third-order valence-corrected chi connectivity index (χ3v) is 4.68. The number of amides is 1. The second kappa shape index (κ2) is 4.36. The summed E-state index contributed by atoms with van der Waals surface area (Å²) >= 11 is 0. The topological polar surface area (TPSA) is 46.3 Å². The van der Waals surface area contributed by atoms with Gasteiger partial charge in [0, 0.05) is 19.5 Å². The molecule has 0 bridgehead atoms. The van der Waals surface area contributed by atoms with Crippen LogP contribution in [0.3, 0.4) is 0 Å². The third-order valence-electron chi connectivity index (χ3n) is 4.68. The lowest BCUT2D eigenvalue weighted by molar-refractivity contribution is -0.136. The number of carbonyl (C=O) groups is 1. The van der Waals surface area contributed by atoms with Gasteiger partial charge in [0.15, 0.2) is 0 Å². The van der Waals surface area contributed by atoms with E-state index < -0.39 is 0 Å². The summed E-state index contributed by atoms with van der Waals surface area (Å²) in [5.74, 6) is 1.05. The van der Waals surface area contributed by atoms with Crippen LogP contribution in [0.4, 0.5) is 0 Å². The van der Waals surface area contributed by atoms with E-state index in [0.29, 0.717) is 24.9 Å². The monoisotopic (exact) mass is 224 g/mol. The van der Waals surface area contributed by atoms with Gasteiger partial charge in [0.05, 0.1) is 0 Å². The molecule has 0 heterocycles. The Morgan fingerprint density at radius 3 is 2.50 bits per heavy atom. The first kappa shape index (κ1) is 11.9. The van der Waals surface area contributed by atoms with Crippen molar-refractivity contribution in [1.82, 2.24) is 4.90 Å². The smallest absolute Gasteiger partial charge is 0.223 e. The van der Waals surface area contributed by atoms with Gasteiger partial charge < -0.3 is 10.6 Å². The van der Waals surface area contributed by atoms with E-state index in [0.717, 1.165) is 18.8 Å². The molecule has 0 aromatic carbocycles. The molecule has 0 aromatic heterocycles. The van der Waals surface area contributed by atoms with Gasteiger partial charge in [0.2, 0.25) is 5.91 Å². The van der Waals surface area contributed by atoms with Gasteiger partial charge >= 0.3 is 0 Å². The predicted octanol–water partition coefficient (Wildman–Crippen LogP) is 1.76. The highest BCUT2D eigenvalue weighted by Gasteiger charge is 2.40. The standard InChI is InChI=1S/C13H24N2O/c1-10(11-4-5-11)15(2)12(16)8-13(9-14)6-3-7-13/h10-11H,3-9,14H2,1-2H3. The van der Waals surface area contributed by atoms with Crippen molar-refractivity contribution >= 4 is 5.91 Å². The van der Waals surface area contributed by atoms with E-state index in [1.165, 1.54) is 19.3 Å². The number of hydrogen-bond donors (Lipinski definition) is 1. The number of rotatable bonds is 5. The fourth-order valence-electron chi connectivity index (χ4n) is 2.70. The molecule has 2 aliphatic carbocycles. The maximum absolute atomic E-state index is 12.2. The van der Waals surface area contributed by atoms with E-state index in [1.807, 2.05) is 11.9 Å². The minimum Gasteiger partial charge on any atom is -0.343 e. The second-order valence-electron chi connectivity index (χ2n) is 5.82. The Morgan fingerprint density at radius 1 is 1.50 bits per heavy atom. The Balaban J connectivity index is 1.86. The van der Waals surface area contributed by atoms with E-state index in [1.54, 1.807) is 0 Å². The average Bonchev–Trinajstić information content (AvgIpc) is 3.04. The van der Waals surface area contributed by atoms with Gasteiger partial charge in [0.25, 0.3) is 0 Å². The molecule has 0 aromatic rings. The Hall–Kier alpha value is -0.570. The molecule has 2 saturated carbocycles. The van der Waals surface area contributed by atoms with Crippen LogP contribution < -0.4 is 5.73 Å². The summed E-state index contributed by atoms with van der Waals surface area (Å²) in [6.45, 7) is 2.84. The van der Waals surface area contributed by atoms with Crippen molar-refractivity contribution < 1.29 is 4.79 Å². The molecule has 0 saturated heterocycles. The number of nitrogens with zero attached hydrogens (tertiary/aromatic N) is 1. The van der Waals surface area contributed by atoms with Crippen LogP contribution >= 0.6 is 0 Å². The van der Waals surface area contributed by atoms with E-state index in [9.17, 15) is 4.79 Å². The summed E-state index contributed by atoms with van der Waals surface area (Å²) in [7, 11) is 1.95. The highest BCUT2D eigenvalue weighted by molar-refractivity contribution is 5.77. The lowest BCUT2D eigenvalue weighted by atomic mass is 9.66. The van der Waals surface area contributed by atoms with Gasteiger partial charge in [-0.15, -0.1) is 0 Å². The minimum absolute atomic E-state index is 0.147. The first-order valence-corrected chi connectivity index (χ1v) is 6.54. The highest BCUT2D eigenvalue weighted by atomic mass is 16.2. The fraction of sp³-hybridized carbons (Fsp3) is 0.923. The molecule has 16 heavy (non-hydrogen) atoms. The van der Waals surface area contributed by atoms with Crippen molar-refractivity contribution in [3.05, 3.63) is 0 Å². The van der Waals surface area contributed by atoms with Crippen LogP contribution in [0.25, 0.3) is 0 Å². The predicted molar refractivity (Wildman–Crippen MR) is 64.9 cm³/mol. The van der Waals surface area contributed by atoms with Gasteiger partial charge in [-0.25, -0.2) is 0 Å². The third kappa shape index (κ3) is 2.24. The molecule has 1 amide bonds. The first-order valence-electron chi connectivity index (χ1n) is 6.54. The summed E-state index contributed by atoms with van der Waals surface area (Å²) in [6, 6.07) is 0.419. The van der Waals surface area contributed by atoms with Crippen LogP contribution in [-0.4, -0.2) is 30.4 Å². The van der Waals surface area contributed by atoms with E-state index in [-0.39, 0.29) is 5.41 Å². The van der Waals surface area contributed by atoms with Crippen molar-refractivity contribution in [2.24, 2.45) is 17.1 Å². The summed E-state index contributed by atoms with van der Waals surface area (Å²) in [6.07, 6.45) is 6.77. The normalized spacial score (nSPS) is 24.7. The molecule has 2 rings (SSSR count). The SMILES string of the molecule is CC(C1CC1)N(C)C(=O)CC1(CN)CCC1. The van der Waals surface area contributed by atoms with E-state index >= 15 is 0 Å². The van der Waals surface area contributed by atoms with Gasteiger partial charge in [-0.1, -0.05) is 6.42 Å². The summed E-state index contributed by atoms with van der Waals surface area (Å²) < 4.78 is 0. The van der Waals surface area contributed by atoms with E-state index in [2.05, 4.69) is 6.92 Å². The Bertz CT molecular complexity index is 264. The molecule has 0 radical (unpaired) electrons. The second-order valence-corrected chi connectivity index (χ2v) is 5.82. The summed E-state index contributed by atoms with van der Waals surface area (Å²) in [4.78, 5) is 14.1. The maximum Gasteiger partial charge on any atom is 0.223 e. The Morgan fingerprint density at radius 2 is 2.12 bits per heavy atom. The zero-order valence-electron chi connectivity index (χ0n) is 10.5. The zero-order chi connectivity index (χ0) is 11.8. The molecule has 1 atom stereocenters. The van der Waals surface area contributed by atoms with Gasteiger partial charge in [-0.05, 0) is 50.5 Å². The lowest BCUT2D eigenvalue weighted by Crippen LogP contribution is -2.44. The number of nitrogens with two attached hydrogens (primary N) is 1. The number of hydrogen-bond acceptors (Lipinski definition) is 2. The van der Waals surface area contributed by atoms with Crippen LogP contribution in [0, 0.1) is 11.3 Å². The highest BCUT2D eigenvalue weighted by Crippen LogP contribution is 2.43. The Labute approximate surface area is 98.4 Å². The largest absolute Gasteiger partial charge is 0.343 e. The molecule has 2 N–H and O–H groups in total. The zero-order valence-corrected chi connectivity index (χ0v) is 10.5. The van der Waals surface area contributed by atoms with Crippen LogP contribution in [0.1, 0.15) is 45.4 Å². The van der Waals surface area contributed by atoms with Crippen molar-refractivity contribution in [1.29, 1.82) is 0 Å². The van der Waals surface area contributed by atoms with Crippen molar-refractivity contribution in [2.75, 3.05) is 13.6 Å². The van der Waals surface area contributed by atoms with Crippen LogP contribution in [0.15, 0.2) is 0 Å². The van der Waals surface area contributed by atoms with Crippen LogP contribution in [0.5, 0.6) is 0 Å². The fourth-order valence-corrected chi connectivity index (χ4v) is 2.70. The summed E-state index contributed by atoms with van der Waals surface area (Å²) in [5, 5.41) is 0. The summed E-state index contributed by atoms with van der Waals surface area (Å²) in [5.41, 5.74) is 5.94. The number of carbonyl (C=O) groups excluding carboxylic acids is 1. The van der Waals surface area contributed by atoms with Crippen LogP contribution in [0.2, 0.25) is 0 Å². The molecule has 0 aliphatic heterocycles. The minimum atomic E-state index is 0.147.